The Hall–Kier alpha value is -4.13. The van der Waals surface area contributed by atoms with Crippen molar-refractivity contribution in [3.8, 4) is 17.0 Å². The highest BCUT2D eigenvalue weighted by Crippen LogP contribution is 2.30. The SMILES string of the molecule is Cc1[nH]c(C(=O)OC(C)(C)C)c(C)c1-c1ccnc(Nc2cccc(OCc3ccccc3)c2)n1. The van der Waals surface area contributed by atoms with Gasteiger partial charge >= 0.3 is 5.97 Å². The van der Waals surface area contributed by atoms with E-state index in [0.29, 0.717) is 23.9 Å². The Morgan fingerprint density at radius 2 is 1.80 bits per heavy atom. The molecule has 2 aromatic carbocycles. The van der Waals surface area contributed by atoms with E-state index in [1.54, 1.807) is 6.20 Å². The number of H-pyrrole nitrogens is 1. The number of ether oxygens (including phenoxy) is 2. The van der Waals surface area contributed by atoms with E-state index in [-0.39, 0.29) is 5.97 Å². The molecule has 0 radical (unpaired) electrons. The molecule has 0 atom stereocenters. The van der Waals surface area contributed by atoms with Crippen molar-refractivity contribution in [2.45, 2.75) is 46.8 Å². The first-order valence-electron chi connectivity index (χ1n) is 11.5. The zero-order valence-corrected chi connectivity index (χ0v) is 20.7. The van der Waals surface area contributed by atoms with Gasteiger partial charge < -0.3 is 19.8 Å². The van der Waals surface area contributed by atoms with Crippen LogP contribution < -0.4 is 10.1 Å². The van der Waals surface area contributed by atoms with E-state index >= 15 is 0 Å². The maximum Gasteiger partial charge on any atom is 0.355 e. The monoisotopic (exact) mass is 470 g/mol. The number of carbonyl (C=O) groups is 1. The second-order valence-corrected chi connectivity index (χ2v) is 9.32. The van der Waals surface area contributed by atoms with Crippen molar-refractivity contribution >= 4 is 17.6 Å². The van der Waals surface area contributed by atoms with Crippen LogP contribution in [0.5, 0.6) is 5.75 Å². The summed E-state index contributed by atoms with van der Waals surface area (Å²) >= 11 is 0. The van der Waals surface area contributed by atoms with Crippen LogP contribution in [0.3, 0.4) is 0 Å². The highest BCUT2D eigenvalue weighted by molar-refractivity contribution is 5.92. The number of esters is 1. The molecule has 180 valence electrons. The van der Waals surface area contributed by atoms with E-state index in [1.807, 2.05) is 95.3 Å². The van der Waals surface area contributed by atoms with Gasteiger partial charge in [-0.2, -0.15) is 0 Å². The number of anilines is 2. The summed E-state index contributed by atoms with van der Waals surface area (Å²) in [4.78, 5) is 24.9. The number of benzene rings is 2. The minimum Gasteiger partial charge on any atom is -0.489 e. The third-order valence-corrected chi connectivity index (χ3v) is 5.29. The van der Waals surface area contributed by atoms with Crippen molar-refractivity contribution in [2.24, 2.45) is 0 Å². The number of hydrogen-bond acceptors (Lipinski definition) is 6. The van der Waals surface area contributed by atoms with Gasteiger partial charge in [-0.05, 0) is 63.9 Å². The van der Waals surface area contributed by atoms with Crippen molar-refractivity contribution in [2.75, 3.05) is 5.32 Å². The van der Waals surface area contributed by atoms with Crippen LogP contribution in [-0.4, -0.2) is 26.5 Å². The van der Waals surface area contributed by atoms with E-state index in [4.69, 9.17) is 14.5 Å². The summed E-state index contributed by atoms with van der Waals surface area (Å²) in [6.07, 6.45) is 1.69. The topological polar surface area (TPSA) is 89.1 Å². The van der Waals surface area contributed by atoms with E-state index in [1.165, 1.54) is 0 Å². The lowest BCUT2D eigenvalue weighted by molar-refractivity contribution is 0.00626. The molecule has 35 heavy (non-hydrogen) atoms. The van der Waals surface area contributed by atoms with Gasteiger partial charge in [0.25, 0.3) is 0 Å². The van der Waals surface area contributed by atoms with Gasteiger partial charge in [-0.25, -0.2) is 14.8 Å². The van der Waals surface area contributed by atoms with Gasteiger partial charge in [0.15, 0.2) is 0 Å². The maximum absolute atomic E-state index is 12.7. The summed E-state index contributed by atoms with van der Waals surface area (Å²) in [6, 6.07) is 19.5. The third kappa shape index (κ3) is 6.06. The van der Waals surface area contributed by atoms with Crippen molar-refractivity contribution in [1.82, 2.24) is 15.0 Å². The number of rotatable bonds is 7. The number of aryl methyl sites for hydroxylation is 1. The van der Waals surface area contributed by atoms with Gasteiger partial charge in [0.2, 0.25) is 5.95 Å². The third-order valence-electron chi connectivity index (χ3n) is 5.29. The van der Waals surface area contributed by atoms with Crippen molar-refractivity contribution in [3.63, 3.8) is 0 Å². The molecule has 0 saturated heterocycles. The van der Waals surface area contributed by atoms with Gasteiger partial charge in [-0.3, -0.25) is 0 Å². The smallest absolute Gasteiger partial charge is 0.355 e. The van der Waals surface area contributed by atoms with E-state index in [0.717, 1.165) is 33.8 Å². The van der Waals surface area contributed by atoms with Crippen LogP contribution in [0.15, 0.2) is 66.9 Å². The first-order valence-corrected chi connectivity index (χ1v) is 11.5. The van der Waals surface area contributed by atoms with E-state index in [9.17, 15) is 4.79 Å². The Kier molecular flexibility index (Phi) is 6.87. The van der Waals surface area contributed by atoms with Crippen LogP contribution in [0.1, 0.15) is 48.1 Å². The Morgan fingerprint density at radius 1 is 1.03 bits per heavy atom. The molecule has 0 amide bonds. The van der Waals surface area contributed by atoms with Gasteiger partial charge in [0, 0.05) is 29.2 Å². The molecule has 0 spiro atoms. The largest absolute Gasteiger partial charge is 0.489 e. The van der Waals surface area contributed by atoms with Crippen LogP contribution in [0.4, 0.5) is 11.6 Å². The molecule has 0 aliphatic heterocycles. The first kappa shape index (κ1) is 24.0. The molecule has 4 aromatic rings. The molecule has 0 aliphatic rings. The summed E-state index contributed by atoms with van der Waals surface area (Å²) in [5, 5.41) is 3.25. The lowest BCUT2D eigenvalue weighted by Gasteiger charge is -2.19. The summed E-state index contributed by atoms with van der Waals surface area (Å²) in [6.45, 7) is 9.84. The van der Waals surface area contributed by atoms with Gasteiger partial charge in [0.1, 0.15) is 23.7 Å². The summed E-state index contributed by atoms with van der Waals surface area (Å²) in [7, 11) is 0. The number of aromatic nitrogens is 3. The molecular weight excluding hydrogens is 440 g/mol. The molecule has 0 saturated carbocycles. The zero-order chi connectivity index (χ0) is 25.0. The standard InChI is InChI=1S/C28H30N4O3/c1-18-24(19(2)30-25(18)26(33)35-28(3,4)5)23-14-15-29-27(32-23)31-21-12-9-13-22(16-21)34-17-20-10-7-6-8-11-20/h6-16,30H,17H2,1-5H3,(H,29,31,32). The Morgan fingerprint density at radius 3 is 2.54 bits per heavy atom. The summed E-state index contributed by atoms with van der Waals surface area (Å²) < 4.78 is 11.5. The number of nitrogens with one attached hydrogen (secondary N) is 2. The molecule has 0 unspecified atom stereocenters. The quantitative estimate of drug-likeness (QED) is 0.305. The lowest BCUT2D eigenvalue weighted by atomic mass is 10.1. The predicted molar refractivity (Wildman–Crippen MR) is 137 cm³/mol. The van der Waals surface area contributed by atoms with Crippen molar-refractivity contribution in [3.05, 3.63) is 89.4 Å². The molecule has 7 heteroatoms. The van der Waals surface area contributed by atoms with Gasteiger partial charge in [-0.15, -0.1) is 0 Å². The number of aromatic amines is 1. The van der Waals surface area contributed by atoms with Crippen molar-refractivity contribution in [1.29, 1.82) is 0 Å². The normalized spacial score (nSPS) is 11.2. The Balaban J connectivity index is 1.52. The number of carbonyl (C=O) groups excluding carboxylic acids is 1. The van der Waals surface area contributed by atoms with Crippen LogP contribution in [0.25, 0.3) is 11.3 Å². The summed E-state index contributed by atoms with van der Waals surface area (Å²) in [5.41, 5.74) is 4.96. The fraction of sp³-hybridized carbons (Fsp3) is 0.250. The molecule has 4 rings (SSSR count). The van der Waals surface area contributed by atoms with E-state index in [2.05, 4.69) is 15.3 Å². The van der Waals surface area contributed by atoms with Crippen LogP contribution in [0, 0.1) is 13.8 Å². The molecular formula is C28H30N4O3. The zero-order valence-electron chi connectivity index (χ0n) is 20.7. The minimum atomic E-state index is -0.575. The molecule has 7 nitrogen and oxygen atoms in total. The van der Waals surface area contributed by atoms with Crippen LogP contribution >= 0.6 is 0 Å². The minimum absolute atomic E-state index is 0.385. The number of hydrogen-bond donors (Lipinski definition) is 2. The van der Waals surface area contributed by atoms with Gasteiger partial charge in [0.05, 0.1) is 5.69 Å². The fourth-order valence-electron chi connectivity index (χ4n) is 3.76. The van der Waals surface area contributed by atoms with Gasteiger partial charge in [-0.1, -0.05) is 36.4 Å². The molecule has 2 heterocycles. The molecule has 0 fully saturated rings. The molecule has 2 aromatic heterocycles. The molecule has 0 bridgehead atoms. The average Bonchev–Trinajstić information content (AvgIpc) is 3.12. The second kappa shape index (κ2) is 10.0. The maximum atomic E-state index is 12.7. The first-order chi connectivity index (χ1) is 16.7. The number of nitrogens with zero attached hydrogens (tertiary/aromatic N) is 2. The highest BCUT2D eigenvalue weighted by atomic mass is 16.6. The molecule has 2 N–H and O–H groups in total. The Bertz CT molecular complexity index is 1320. The Labute approximate surface area is 205 Å². The summed E-state index contributed by atoms with van der Waals surface area (Å²) in [5.74, 6) is 0.805. The second-order valence-electron chi connectivity index (χ2n) is 9.32. The fourth-order valence-corrected chi connectivity index (χ4v) is 3.76. The average molecular weight is 471 g/mol. The highest BCUT2D eigenvalue weighted by Gasteiger charge is 2.24. The van der Waals surface area contributed by atoms with Crippen LogP contribution in [-0.2, 0) is 11.3 Å². The van der Waals surface area contributed by atoms with E-state index < -0.39 is 5.60 Å². The van der Waals surface area contributed by atoms with Crippen LogP contribution in [0.2, 0.25) is 0 Å². The van der Waals surface area contributed by atoms with Crippen molar-refractivity contribution < 1.29 is 14.3 Å². The molecule has 0 aliphatic carbocycles. The predicted octanol–water partition coefficient (Wildman–Crippen LogP) is 6.37. The lowest BCUT2D eigenvalue weighted by Crippen LogP contribution is -2.24.